The molecule has 0 aliphatic rings. The van der Waals surface area contributed by atoms with Crippen LogP contribution in [-0.4, -0.2) is 15.4 Å². The van der Waals surface area contributed by atoms with Crippen molar-refractivity contribution in [2.45, 2.75) is 13.5 Å². The van der Waals surface area contributed by atoms with Crippen molar-refractivity contribution in [3.05, 3.63) is 36.0 Å². The highest BCUT2D eigenvalue weighted by molar-refractivity contribution is 5.49. The fourth-order valence-corrected chi connectivity index (χ4v) is 1.46. The minimum absolute atomic E-state index is 0.357. The van der Waals surface area contributed by atoms with Gasteiger partial charge in [0.05, 0.1) is 12.8 Å². The lowest BCUT2D eigenvalue weighted by Gasteiger charge is -1.94. The maximum absolute atomic E-state index is 5.20. The Bertz CT molecular complexity index is 626. The summed E-state index contributed by atoms with van der Waals surface area (Å²) in [7, 11) is 0. The Labute approximate surface area is 102 Å². The smallest absolute Gasteiger partial charge is 0.315 e. The van der Waals surface area contributed by atoms with E-state index in [4.69, 9.17) is 13.4 Å². The third-order valence-electron chi connectivity index (χ3n) is 2.27. The van der Waals surface area contributed by atoms with E-state index in [2.05, 4.69) is 20.7 Å². The minimum atomic E-state index is 0.357. The SMILES string of the molecule is Cc1nnc(NCc2cc(-c3ccco3)on2)o1. The van der Waals surface area contributed by atoms with Crippen molar-refractivity contribution in [3.63, 3.8) is 0 Å². The third kappa shape index (κ3) is 2.10. The Morgan fingerprint density at radius 1 is 1.28 bits per heavy atom. The molecule has 0 radical (unpaired) electrons. The van der Waals surface area contributed by atoms with Gasteiger partial charge in [-0.1, -0.05) is 10.3 Å². The maximum atomic E-state index is 5.20. The van der Waals surface area contributed by atoms with Crippen LogP contribution in [0.15, 0.2) is 37.8 Å². The highest BCUT2D eigenvalue weighted by Crippen LogP contribution is 2.20. The van der Waals surface area contributed by atoms with Gasteiger partial charge >= 0.3 is 6.01 Å². The molecule has 0 aliphatic carbocycles. The van der Waals surface area contributed by atoms with Gasteiger partial charge in [0.25, 0.3) is 0 Å². The molecule has 0 aromatic carbocycles. The molecule has 0 aliphatic heterocycles. The van der Waals surface area contributed by atoms with E-state index in [1.165, 1.54) is 0 Å². The summed E-state index contributed by atoms with van der Waals surface area (Å²) in [5, 5.41) is 14.4. The van der Waals surface area contributed by atoms with Gasteiger partial charge in [0, 0.05) is 13.0 Å². The number of furan rings is 1. The number of aromatic nitrogens is 3. The van der Waals surface area contributed by atoms with Crippen molar-refractivity contribution in [2.75, 3.05) is 5.32 Å². The lowest BCUT2D eigenvalue weighted by molar-refractivity contribution is 0.411. The Hall–Kier alpha value is -2.57. The summed E-state index contributed by atoms with van der Waals surface area (Å²) < 4.78 is 15.5. The molecule has 0 atom stereocenters. The molecule has 3 aromatic rings. The first-order valence-electron chi connectivity index (χ1n) is 5.35. The van der Waals surface area contributed by atoms with Crippen molar-refractivity contribution in [1.29, 1.82) is 0 Å². The summed E-state index contributed by atoms with van der Waals surface area (Å²) in [6, 6.07) is 5.74. The third-order valence-corrected chi connectivity index (χ3v) is 2.27. The normalized spacial score (nSPS) is 10.7. The number of rotatable bonds is 4. The molecule has 7 nitrogen and oxygen atoms in total. The first-order valence-corrected chi connectivity index (χ1v) is 5.35. The molecule has 1 N–H and O–H groups in total. The van der Waals surface area contributed by atoms with Crippen LogP contribution >= 0.6 is 0 Å². The van der Waals surface area contributed by atoms with Crippen molar-refractivity contribution >= 4 is 6.01 Å². The van der Waals surface area contributed by atoms with E-state index in [0.717, 1.165) is 5.69 Å². The lowest BCUT2D eigenvalue weighted by atomic mass is 10.3. The molecule has 92 valence electrons. The molecule has 0 amide bonds. The van der Waals surface area contributed by atoms with Crippen LogP contribution in [-0.2, 0) is 6.54 Å². The summed E-state index contributed by atoms with van der Waals surface area (Å²) in [4.78, 5) is 0. The fourth-order valence-electron chi connectivity index (χ4n) is 1.46. The molecule has 7 heteroatoms. The van der Waals surface area contributed by atoms with Crippen LogP contribution in [0.25, 0.3) is 11.5 Å². The Morgan fingerprint density at radius 3 is 2.94 bits per heavy atom. The molecule has 0 fully saturated rings. The predicted octanol–water partition coefficient (Wildman–Crippen LogP) is 2.24. The second-order valence-electron chi connectivity index (χ2n) is 3.64. The van der Waals surface area contributed by atoms with Gasteiger partial charge in [-0.25, -0.2) is 0 Å². The molecule has 0 bridgehead atoms. The van der Waals surface area contributed by atoms with E-state index in [0.29, 0.717) is 30.0 Å². The first-order chi connectivity index (χ1) is 8.81. The molecule has 3 rings (SSSR count). The summed E-state index contributed by atoms with van der Waals surface area (Å²) in [6.45, 7) is 2.16. The van der Waals surface area contributed by atoms with E-state index in [9.17, 15) is 0 Å². The molecule has 3 aromatic heterocycles. The van der Waals surface area contributed by atoms with E-state index in [1.54, 1.807) is 31.4 Å². The highest BCUT2D eigenvalue weighted by atomic mass is 16.5. The monoisotopic (exact) mass is 246 g/mol. The number of hydrogen-bond acceptors (Lipinski definition) is 7. The van der Waals surface area contributed by atoms with Crippen LogP contribution in [0.4, 0.5) is 6.01 Å². The van der Waals surface area contributed by atoms with Gasteiger partial charge in [-0.2, -0.15) is 0 Å². The molecule has 0 unspecified atom stereocenters. The number of nitrogens with one attached hydrogen (secondary N) is 1. The van der Waals surface area contributed by atoms with E-state index < -0.39 is 0 Å². The van der Waals surface area contributed by atoms with Crippen molar-refractivity contribution < 1.29 is 13.4 Å². The van der Waals surface area contributed by atoms with Gasteiger partial charge in [0.15, 0.2) is 5.76 Å². The van der Waals surface area contributed by atoms with Crippen LogP contribution in [0.5, 0.6) is 0 Å². The standard InChI is InChI=1S/C11H10N4O3/c1-7-13-14-11(17-7)12-6-8-5-10(18-15-8)9-3-2-4-16-9/h2-5H,6H2,1H3,(H,12,14). The molecular weight excluding hydrogens is 236 g/mol. The van der Waals surface area contributed by atoms with Crippen molar-refractivity contribution in [1.82, 2.24) is 15.4 Å². The number of hydrogen-bond donors (Lipinski definition) is 1. The summed E-state index contributed by atoms with van der Waals surface area (Å²) in [6.07, 6.45) is 1.58. The predicted molar refractivity (Wildman–Crippen MR) is 60.6 cm³/mol. The maximum Gasteiger partial charge on any atom is 0.315 e. The Morgan fingerprint density at radius 2 is 2.22 bits per heavy atom. The summed E-state index contributed by atoms with van der Waals surface area (Å²) in [5.41, 5.74) is 0.720. The average molecular weight is 246 g/mol. The second-order valence-corrected chi connectivity index (χ2v) is 3.64. The molecule has 0 saturated carbocycles. The van der Waals surface area contributed by atoms with Gasteiger partial charge in [-0.15, -0.1) is 5.10 Å². The van der Waals surface area contributed by atoms with Crippen molar-refractivity contribution in [3.8, 4) is 11.5 Å². The quantitative estimate of drug-likeness (QED) is 0.754. The van der Waals surface area contributed by atoms with Crippen LogP contribution in [0.3, 0.4) is 0 Å². The molecule has 3 heterocycles. The first kappa shape index (κ1) is 10.6. The second kappa shape index (κ2) is 4.36. The highest BCUT2D eigenvalue weighted by Gasteiger charge is 2.09. The number of anilines is 1. The summed E-state index contributed by atoms with van der Waals surface area (Å²) >= 11 is 0. The van der Waals surface area contributed by atoms with Crippen LogP contribution in [0.2, 0.25) is 0 Å². The topological polar surface area (TPSA) is 90.1 Å². The minimum Gasteiger partial charge on any atom is -0.461 e. The van der Waals surface area contributed by atoms with Crippen LogP contribution in [0, 0.1) is 6.92 Å². The summed E-state index contributed by atoms with van der Waals surface area (Å²) in [5.74, 6) is 1.73. The van der Waals surface area contributed by atoms with Crippen molar-refractivity contribution in [2.24, 2.45) is 0 Å². The van der Waals surface area contributed by atoms with E-state index >= 15 is 0 Å². The molecule has 18 heavy (non-hydrogen) atoms. The van der Waals surface area contributed by atoms with Gasteiger partial charge in [-0.05, 0) is 12.1 Å². The van der Waals surface area contributed by atoms with Gasteiger partial charge in [0.1, 0.15) is 5.69 Å². The number of nitrogens with zero attached hydrogens (tertiary/aromatic N) is 3. The van der Waals surface area contributed by atoms with Gasteiger partial charge in [-0.3, -0.25) is 0 Å². The Balaban J connectivity index is 1.67. The van der Waals surface area contributed by atoms with E-state index in [1.807, 2.05) is 0 Å². The largest absolute Gasteiger partial charge is 0.461 e. The van der Waals surface area contributed by atoms with Crippen LogP contribution < -0.4 is 5.32 Å². The zero-order chi connectivity index (χ0) is 12.4. The van der Waals surface area contributed by atoms with Gasteiger partial charge < -0.3 is 18.7 Å². The van der Waals surface area contributed by atoms with Gasteiger partial charge in [0.2, 0.25) is 11.7 Å². The lowest BCUT2D eigenvalue weighted by Crippen LogP contribution is -1.99. The fraction of sp³-hybridized carbons (Fsp3) is 0.182. The average Bonchev–Trinajstić information content (AvgIpc) is 3.07. The molecule has 0 saturated heterocycles. The zero-order valence-corrected chi connectivity index (χ0v) is 9.58. The molecular formula is C11H10N4O3. The Kier molecular flexibility index (Phi) is 2.56. The van der Waals surface area contributed by atoms with Crippen LogP contribution in [0.1, 0.15) is 11.6 Å². The van der Waals surface area contributed by atoms with E-state index in [-0.39, 0.29) is 0 Å². The molecule has 0 spiro atoms. The zero-order valence-electron chi connectivity index (χ0n) is 9.58. The number of aryl methyl sites for hydroxylation is 1.